The van der Waals surface area contributed by atoms with E-state index in [2.05, 4.69) is 25.5 Å². The molecule has 0 unspecified atom stereocenters. The van der Waals surface area contributed by atoms with Gasteiger partial charge in [0, 0.05) is 18.2 Å². The first-order valence-electron chi connectivity index (χ1n) is 6.53. The molecule has 108 valence electrons. The molecule has 1 aromatic carbocycles. The van der Waals surface area contributed by atoms with Gasteiger partial charge in [-0.2, -0.15) is 5.10 Å². The van der Waals surface area contributed by atoms with Crippen molar-refractivity contribution in [2.45, 2.75) is 6.92 Å². The number of aromatic nitrogens is 4. The van der Waals surface area contributed by atoms with Crippen molar-refractivity contribution in [2.24, 2.45) is 0 Å². The molecule has 2 heterocycles. The molecule has 0 aliphatic heterocycles. The van der Waals surface area contributed by atoms with Crippen LogP contribution in [0.15, 0.2) is 30.7 Å². The lowest BCUT2D eigenvalue weighted by molar-refractivity contribution is 0.337. The van der Waals surface area contributed by atoms with E-state index in [1.165, 1.54) is 6.33 Å². The Morgan fingerprint density at radius 1 is 1.29 bits per heavy atom. The highest BCUT2D eigenvalue weighted by Crippen LogP contribution is 2.34. The number of nitrogens with zero attached hydrogens (tertiary/aromatic N) is 3. The summed E-state index contributed by atoms with van der Waals surface area (Å²) in [6.07, 6.45) is 3.16. The maximum Gasteiger partial charge on any atom is 0.146 e. The van der Waals surface area contributed by atoms with Crippen molar-refractivity contribution in [1.29, 1.82) is 0 Å². The molecule has 0 atom stereocenters. The van der Waals surface area contributed by atoms with Crippen molar-refractivity contribution >= 4 is 22.5 Å². The van der Waals surface area contributed by atoms with Crippen LogP contribution in [0.5, 0.6) is 11.5 Å². The van der Waals surface area contributed by atoms with E-state index in [1.807, 2.05) is 25.1 Å². The van der Waals surface area contributed by atoms with Crippen LogP contribution in [-0.4, -0.2) is 33.9 Å². The minimum absolute atomic E-state index is 0.582. The van der Waals surface area contributed by atoms with Crippen LogP contribution in [0.4, 0.5) is 11.6 Å². The molecule has 3 aromatic rings. The summed E-state index contributed by atoms with van der Waals surface area (Å²) in [6, 6.07) is 5.50. The number of benzene rings is 1. The molecule has 21 heavy (non-hydrogen) atoms. The summed E-state index contributed by atoms with van der Waals surface area (Å²) in [5, 5.41) is 10.7. The number of nitrogens with one attached hydrogen (secondary N) is 2. The minimum atomic E-state index is 0.582. The topological polar surface area (TPSA) is 85.0 Å². The maximum atomic E-state index is 5.53. The monoisotopic (exact) mass is 285 g/mol. The molecule has 0 amide bonds. The molecule has 2 aromatic heterocycles. The Bertz CT molecular complexity index is 742. The summed E-state index contributed by atoms with van der Waals surface area (Å²) in [5.41, 5.74) is 0.745. The van der Waals surface area contributed by atoms with Crippen LogP contribution in [0.25, 0.3) is 10.9 Å². The van der Waals surface area contributed by atoms with E-state index in [9.17, 15) is 0 Å². The van der Waals surface area contributed by atoms with Gasteiger partial charge in [-0.15, -0.1) is 0 Å². The minimum Gasteiger partial charge on any atom is -0.496 e. The largest absolute Gasteiger partial charge is 0.496 e. The van der Waals surface area contributed by atoms with Crippen molar-refractivity contribution in [2.75, 3.05) is 19.0 Å². The number of rotatable bonds is 5. The first-order valence-corrected chi connectivity index (χ1v) is 6.53. The molecular formula is C14H15N5O2. The third kappa shape index (κ3) is 2.58. The Balaban J connectivity index is 2.12. The number of anilines is 2. The number of methoxy groups -OCH3 is 1. The molecule has 0 fully saturated rings. The fourth-order valence-electron chi connectivity index (χ4n) is 2.09. The summed E-state index contributed by atoms with van der Waals surface area (Å²) in [4.78, 5) is 8.56. The average molecular weight is 285 g/mol. The van der Waals surface area contributed by atoms with Crippen LogP contribution in [0, 0.1) is 0 Å². The molecule has 0 bridgehead atoms. The summed E-state index contributed by atoms with van der Waals surface area (Å²) < 4.78 is 11.0. The van der Waals surface area contributed by atoms with Crippen LogP contribution >= 0.6 is 0 Å². The van der Waals surface area contributed by atoms with E-state index < -0.39 is 0 Å². The van der Waals surface area contributed by atoms with E-state index >= 15 is 0 Å². The second kappa shape index (κ2) is 5.66. The molecule has 3 rings (SSSR count). The lowest BCUT2D eigenvalue weighted by Crippen LogP contribution is -1.99. The zero-order valence-corrected chi connectivity index (χ0v) is 11.8. The maximum absolute atomic E-state index is 5.53. The predicted molar refractivity (Wildman–Crippen MR) is 79.1 cm³/mol. The van der Waals surface area contributed by atoms with Gasteiger partial charge in [-0.05, 0) is 6.92 Å². The average Bonchev–Trinajstić information content (AvgIpc) is 3.00. The number of hydrogen-bond donors (Lipinski definition) is 2. The Hall–Kier alpha value is -2.83. The van der Waals surface area contributed by atoms with E-state index in [4.69, 9.17) is 9.47 Å². The molecule has 0 radical (unpaired) electrons. The Morgan fingerprint density at radius 3 is 2.90 bits per heavy atom. The Labute approximate surface area is 121 Å². The molecule has 0 aliphatic rings. The van der Waals surface area contributed by atoms with Gasteiger partial charge in [-0.1, -0.05) is 0 Å². The van der Waals surface area contributed by atoms with Crippen molar-refractivity contribution in [3.05, 3.63) is 30.7 Å². The quantitative estimate of drug-likeness (QED) is 0.749. The number of aromatic amines is 1. The van der Waals surface area contributed by atoms with Crippen molar-refractivity contribution in [3.63, 3.8) is 0 Å². The second-order valence-electron chi connectivity index (χ2n) is 4.27. The molecular weight excluding hydrogens is 270 g/mol. The number of H-pyrrole nitrogens is 1. The van der Waals surface area contributed by atoms with Crippen LogP contribution in [0.2, 0.25) is 0 Å². The van der Waals surface area contributed by atoms with Gasteiger partial charge in [-0.25, -0.2) is 9.97 Å². The van der Waals surface area contributed by atoms with Gasteiger partial charge in [-0.3, -0.25) is 5.10 Å². The molecule has 0 saturated heterocycles. The number of ether oxygens (including phenoxy) is 2. The van der Waals surface area contributed by atoms with Gasteiger partial charge in [0.1, 0.15) is 29.5 Å². The molecule has 0 saturated carbocycles. The lowest BCUT2D eigenvalue weighted by atomic mass is 10.2. The SMILES string of the molecule is CCOc1cc(OC)c2c(Nc3ccn[nH]3)ncnc2c1. The highest BCUT2D eigenvalue weighted by atomic mass is 16.5. The predicted octanol–water partition coefficient (Wildman–Crippen LogP) is 2.50. The normalized spacial score (nSPS) is 10.6. The summed E-state index contributed by atoms with van der Waals surface area (Å²) in [6.45, 7) is 2.51. The summed E-state index contributed by atoms with van der Waals surface area (Å²) >= 11 is 0. The van der Waals surface area contributed by atoms with Crippen molar-refractivity contribution in [1.82, 2.24) is 20.2 Å². The Kier molecular flexibility index (Phi) is 3.55. The first-order chi connectivity index (χ1) is 10.3. The van der Waals surface area contributed by atoms with E-state index in [-0.39, 0.29) is 0 Å². The van der Waals surface area contributed by atoms with Crippen molar-refractivity contribution in [3.8, 4) is 11.5 Å². The van der Waals surface area contributed by atoms with Crippen LogP contribution in [0.3, 0.4) is 0 Å². The number of fused-ring (bicyclic) bond motifs is 1. The van der Waals surface area contributed by atoms with Gasteiger partial charge in [0.15, 0.2) is 0 Å². The van der Waals surface area contributed by atoms with E-state index in [0.717, 1.165) is 16.7 Å². The third-order valence-electron chi connectivity index (χ3n) is 2.96. The third-order valence-corrected chi connectivity index (χ3v) is 2.96. The lowest BCUT2D eigenvalue weighted by Gasteiger charge is -2.12. The first kappa shape index (κ1) is 13.2. The molecule has 0 spiro atoms. The van der Waals surface area contributed by atoms with E-state index in [1.54, 1.807) is 13.3 Å². The van der Waals surface area contributed by atoms with Crippen molar-refractivity contribution < 1.29 is 9.47 Å². The van der Waals surface area contributed by atoms with E-state index in [0.29, 0.717) is 23.9 Å². The molecule has 0 aliphatic carbocycles. The molecule has 2 N–H and O–H groups in total. The highest BCUT2D eigenvalue weighted by Gasteiger charge is 2.12. The van der Waals surface area contributed by atoms with Gasteiger partial charge >= 0.3 is 0 Å². The molecule has 7 nitrogen and oxygen atoms in total. The highest BCUT2D eigenvalue weighted by molar-refractivity contribution is 5.96. The van der Waals surface area contributed by atoms with Gasteiger partial charge < -0.3 is 14.8 Å². The molecule has 7 heteroatoms. The zero-order valence-electron chi connectivity index (χ0n) is 11.8. The van der Waals surface area contributed by atoms with Crippen LogP contribution in [0.1, 0.15) is 6.92 Å². The Morgan fingerprint density at radius 2 is 2.19 bits per heavy atom. The fourth-order valence-corrected chi connectivity index (χ4v) is 2.09. The smallest absolute Gasteiger partial charge is 0.146 e. The fraction of sp³-hybridized carbons (Fsp3) is 0.214. The second-order valence-corrected chi connectivity index (χ2v) is 4.27. The van der Waals surface area contributed by atoms with Crippen LogP contribution < -0.4 is 14.8 Å². The standard InChI is InChI=1S/C14H15N5O2/c1-3-21-9-6-10-13(11(7-9)20-2)14(16-8-15-10)18-12-4-5-17-19-12/h4-8H,3H2,1-2H3,(H2,15,16,17,18,19). The van der Waals surface area contributed by atoms with Gasteiger partial charge in [0.2, 0.25) is 0 Å². The number of hydrogen-bond acceptors (Lipinski definition) is 6. The summed E-state index contributed by atoms with van der Waals surface area (Å²) in [5.74, 6) is 2.75. The zero-order chi connectivity index (χ0) is 14.7. The van der Waals surface area contributed by atoms with Gasteiger partial charge in [0.05, 0.1) is 30.8 Å². The van der Waals surface area contributed by atoms with Gasteiger partial charge in [0.25, 0.3) is 0 Å². The summed E-state index contributed by atoms with van der Waals surface area (Å²) in [7, 11) is 1.61. The van der Waals surface area contributed by atoms with Crippen LogP contribution in [-0.2, 0) is 0 Å².